The number of aromatic nitrogens is 1. The molecule has 0 radical (unpaired) electrons. The highest BCUT2D eigenvalue weighted by atomic mass is 16.6. The summed E-state index contributed by atoms with van der Waals surface area (Å²) in [6, 6.07) is 7.57. The Morgan fingerprint density at radius 2 is 2.00 bits per heavy atom. The maximum Gasteiger partial charge on any atom is 0.282 e. The third-order valence-corrected chi connectivity index (χ3v) is 2.74. The topological polar surface area (TPSA) is 108 Å². The lowest BCUT2D eigenvalue weighted by Gasteiger charge is -2.05. The summed E-state index contributed by atoms with van der Waals surface area (Å²) in [6.07, 6.45) is 1.53. The monoisotopic (exact) mass is 273 g/mol. The van der Waals surface area contributed by atoms with Gasteiger partial charge in [0.05, 0.1) is 12.0 Å². The quantitative estimate of drug-likeness (QED) is 0.674. The van der Waals surface area contributed by atoms with Crippen molar-refractivity contribution >= 4 is 11.6 Å². The van der Waals surface area contributed by atoms with Crippen LogP contribution in [0.2, 0.25) is 0 Å². The van der Waals surface area contributed by atoms with Crippen LogP contribution in [0.3, 0.4) is 0 Å². The van der Waals surface area contributed by atoms with Crippen LogP contribution in [0.1, 0.15) is 10.4 Å². The van der Waals surface area contributed by atoms with Gasteiger partial charge in [0.15, 0.2) is 0 Å². The summed E-state index contributed by atoms with van der Waals surface area (Å²) in [5.41, 5.74) is 5.89. The summed E-state index contributed by atoms with van der Waals surface area (Å²) in [4.78, 5) is 25.5. The number of rotatable bonds is 4. The number of primary amides is 1. The summed E-state index contributed by atoms with van der Waals surface area (Å²) >= 11 is 0. The smallest absolute Gasteiger partial charge is 0.282 e. The highest BCUT2D eigenvalue weighted by Crippen LogP contribution is 2.27. The molecule has 0 aliphatic rings. The molecule has 20 heavy (non-hydrogen) atoms. The number of carbonyl (C=O) groups excluding carboxylic acids is 1. The fourth-order valence-electron chi connectivity index (χ4n) is 1.74. The SMILES string of the molecule is COc1ccc(-c2ccc(C(N)=O)c([N+](=O)[O-])c2)cn1. The molecule has 0 spiro atoms. The largest absolute Gasteiger partial charge is 0.481 e. The minimum absolute atomic E-state index is 0.125. The number of hydrogen-bond acceptors (Lipinski definition) is 5. The minimum Gasteiger partial charge on any atom is -0.481 e. The van der Waals surface area contributed by atoms with Crippen LogP contribution in [0.5, 0.6) is 5.88 Å². The molecular formula is C13H11N3O4. The fraction of sp³-hybridized carbons (Fsp3) is 0.0769. The van der Waals surface area contributed by atoms with Crippen molar-refractivity contribution in [2.75, 3.05) is 7.11 Å². The highest BCUT2D eigenvalue weighted by molar-refractivity contribution is 5.97. The van der Waals surface area contributed by atoms with Gasteiger partial charge in [-0.15, -0.1) is 0 Å². The van der Waals surface area contributed by atoms with Crippen molar-refractivity contribution in [2.24, 2.45) is 5.73 Å². The molecule has 0 bridgehead atoms. The zero-order chi connectivity index (χ0) is 14.7. The first kappa shape index (κ1) is 13.5. The second-order valence-corrected chi connectivity index (χ2v) is 3.94. The number of nitrogens with zero attached hydrogens (tertiary/aromatic N) is 2. The Balaban J connectivity index is 2.49. The van der Waals surface area contributed by atoms with E-state index in [0.717, 1.165) is 0 Å². The zero-order valence-electron chi connectivity index (χ0n) is 10.6. The van der Waals surface area contributed by atoms with E-state index in [4.69, 9.17) is 10.5 Å². The molecule has 2 aromatic rings. The van der Waals surface area contributed by atoms with Crippen LogP contribution >= 0.6 is 0 Å². The first-order chi connectivity index (χ1) is 9.52. The number of amides is 1. The Labute approximate surface area is 114 Å². The lowest BCUT2D eigenvalue weighted by Crippen LogP contribution is -2.13. The Kier molecular flexibility index (Phi) is 3.60. The Hall–Kier alpha value is -2.96. The van der Waals surface area contributed by atoms with E-state index in [0.29, 0.717) is 17.0 Å². The Bertz CT molecular complexity index is 668. The van der Waals surface area contributed by atoms with Gasteiger partial charge >= 0.3 is 0 Å². The van der Waals surface area contributed by atoms with E-state index in [2.05, 4.69) is 4.98 Å². The predicted octanol–water partition coefficient (Wildman–Crippen LogP) is 1.76. The molecule has 2 rings (SSSR count). The molecular weight excluding hydrogens is 262 g/mol. The van der Waals surface area contributed by atoms with Crippen molar-refractivity contribution in [2.45, 2.75) is 0 Å². The second-order valence-electron chi connectivity index (χ2n) is 3.94. The third kappa shape index (κ3) is 2.56. The van der Waals surface area contributed by atoms with Crippen molar-refractivity contribution in [1.29, 1.82) is 0 Å². The summed E-state index contributed by atoms with van der Waals surface area (Å²) in [5.74, 6) is -0.395. The number of nitrogens with two attached hydrogens (primary N) is 1. The highest BCUT2D eigenvalue weighted by Gasteiger charge is 2.19. The summed E-state index contributed by atoms with van der Waals surface area (Å²) in [6.45, 7) is 0. The molecule has 0 atom stereocenters. The standard InChI is InChI=1S/C13H11N3O4/c1-20-12-5-3-9(7-15-12)8-2-4-10(13(14)17)11(6-8)16(18)19/h2-7H,1H3,(H2,14,17). The van der Waals surface area contributed by atoms with E-state index in [-0.39, 0.29) is 11.3 Å². The van der Waals surface area contributed by atoms with Crippen LogP contribution in [-0.2, 0) is 0 Å². The van der Waals surface area contributed by atoms with Crippen LogP contribution in [-0.4, -0.2) is 22.9 Å². The summed E-state index contributed by atoms with van der Waals surface area (Å²) in [5, 5.41) is 11.0. The van der Waals surface area contributed by atoms with Crippen LogP contribution in [0, 0.1) is 10.1 Å². The Morgan fingerprint density at radius 3 is 2.50 bits per heavy atom. The van der Waals surface area contributed by atoms with E-state index in [1.807, 2.05) is 0 Å². The molecule has 1 aromatic heterocycles. The van der Waals surface area contributed by atoms with Crippen molar-refractivity contribution < 1.29 is 14.5 Å². The summed E-state index contributed by atoms with van der Waals surface area (Å²) in [7, 11) is 1.49. The molecule has 7 heteroatoms. The maximum absolute atomic E-state index is 11.1. The summed E-state index contributed by atoms with van der Waals surface area (Å²) < 4.78 is 4.94. The molecule has 1 aromatic carbocycles. The normalized spacial score (nSPS) is 10.1. The van der Waals surface area contributed by atoms with Gasteiger partial charge in [0.2, 0.25) is 5.88 Å². The van der Waals surface area contributed by atoms with E-state index in [9.17, 15) is 14.9 Å². The van der Waals surface area contributed by atoms with Crippen LogP contribution in [0.15, 0.2) is 36.5 Å². The average Bonchev–Trinajstić information content (AvgIpc) is 2.46. The number of ether oxygens (including phenoxy) is 1. The van der Waals surface area contributed by atoms with Gasteiger partial charge in [0.25, 0.3) is 11.6 Å². The molecule has 0 unspecified atom stereocenters. The van der Waals surface area contributed by atoms with E-state index >= 15 is 0 Å². The molecule has 1 heterocycles. The van der Waals surface area contributed by atoms with Crippen molar-refractivity contribution in [1.82, 2.24) is 4.98 Å². The molecule has 0 fully saturated rings. The van der Waals surface area contributed by atoms with E-state index in [1.54, 1.807) is 18.2 Å². The number of nitro benzene ring substituents is 1. The average molecular weight is 273 g/mol. The maximum atomic E-state index is 11.1. The number of pyridine rings is 1. The number of hydrogen-bond donors (Lipinski definition) is 1. The molecule has 7 nitrogen and oxygen atoms in total. The van der Waals surface area contributed by atoms with Gasteiger partial charge in [-0.25, -0.2) is 4.98 Å². The molecule has 0 saturated carbocycles. The van der Waals surface area contributed by atoms with Crippen LogP contribution in [0.25, 0.3) is 11.1 Å². The lowest BCUT2D eigenvalue weighted by molar-refractivity contribution is -0.385. The first-order valence-electron chi connectivity index (χ1n) is 5.61. The fourth-order valence-corrected chi connectivity index (χ4v) is 1.74. The van der Waals surface area contributed by atoms with Crippen molar-refractivity contribution in [3.05, 3.63) is 52.2 Å². The predicted molar refractivity (Wildman–Crippen MR) is 71.4 cm³/mol. The lowest BCUT2D eigenvalue weighted by atomic mass is 10.0. The zero-order valence-corrected chi connectivity index (χ0v) is 10.6. The van der Waals surface area contributed by atoms with Gasteiger partial charge in [-0.05, 0) is 17.7 Å². The molecule has 0 aliphatic heterocycles. The van der Waals surface area contributed by atoms with Gasteiger partial charge in [0, 0.05) is 23.9 Å². The van der Waals surface area contributed by atoms with Crippen LogP contribution < -0.4 is 10.5 Å². The number of methoxy groups -OCH3 is 1. The molecule has 102 valence electrons. The van der Waals surface area contributed by atoms with E-state index in [1.165, 1.54) is 25.4 Å². The Morgan fingerprint density at radius 1 is 1.30 bits per heavy atom. The van der Waals surface area contributed by atoms with Gasteiger partial charge in [-0.1, -0.05) is 6.07 Å². The second kappa shape index (κ2) is 5.35. The van der Waals surface area contributed by atoms with Crippen molar-refractivity contribution in [3.63, 3.8) is 0 Å². The molecule has 1 amide bonds. The number of nitro groups is 1. The van der Waals surface area contributed by atoms with Gasteiger partial charge in [-0.3, -0.25) is 14.9 Å². The number of carbonyl (C=O) groups is 1. The van der Waals surface area contributed by atoms with Gasteiger partial charge in [0.1, 0.15) is 5.56 Å². The third-order valence-electron chi connectivity index (χ3n) is 2.74. The minimum atomic E-state index is -0.837. The molecule has 2 N–H and O–H groups in total. The first-order valence-corrected chi connectivity index (χ1v) is 5.61. The van der Waals surface area contributed by atoms with Crippen LogP contribution in [0.4, 0.5) is 5.69 Å². The van der Waals surface area contributed by atoms with Gasteiger partial charge in [-0.2, -0.15) is 0 Å². The molecule has 0 saturated heterocycles. The van der Waals surface area contributed by atoms with E-state index < -0.39 is 10.8 Å². The number of benzene rings is 1. The molecule has 0 aliphatic carbocycles. The van der Waals surface area contributed by atoms with Gasteiger partial charge < -0.3 is 10.5 Å². The van der Waals surface area contributed by atoms with Crippen molar-refractivity contribution in [3.8, 4) is 17.0 Å².